The Labute approximate surface area is 443 Å². The molecule has 18 nitrogen and oxygen atoms in total. The molecule has 418 valence electrons. The zero-order valence-electron chi connectivity index (χ0n) is 43.8. The molecule has 3 aliphatic heterocycles. The molecule has 0 radical (unpaired) electrons. The largest absolute Gasteiger partial charge is 0.453 e. The number of halogens is 6. The van der Waals surface area contributed by atoms with Gasteiger partial charge in [0.1, 0.15) is 23.7 Å². The van der Waals surface area contributed by atoms with E-state index in [2.05, 4.69) is 47.4 Å². The summed E-state index contributed by atoms with van der Waals surface area (Å²) >= 11 is 0. The normalized spacial score (nSPS) is 18.9. The first-order valence-corrected chi connectivity index (χ1v) is 24.8. The molecule has 0 saturated carbocycles. The monoisotopic (exact) mass is 1080 g/mol. The number of hydrogen-bond acceptors (Lipinski definition) is 14. The van der Waals surface area contributed by atoms with Crippen molar-refractivity contribution < 1.29 is 64.8 Å². The first kappa shape index (κ1) is 59.3. The smallest absolute Gasteiger partial charge is 0.407 e. The van der Waals surface area contributed by atoms with Gasteiger partial charge < -0.3 is 45.9 Å². The maximum Gasteiger partial charge on any atom is 0.407 e. The SMILES string of the molecule is COC(=O)N[C@H](C(=O)NN(Cc1ccc(C(C=NC(F)F)=CN)cc1F)C[C@H](O)[C@H](Cc1ccc(C#Cc2ccc(N3CC4CCC(C3)N4C3COC3)nc2)cc1)NC(=O)[C@@H](NC(=O)OC)C(C)(C)C(F)(F)F)C(C)(C)C. The van der Waals surface area contributed by atoms with Crippen molar-refractivity contribution in [3.05, 3.63) is 101 Å². The number of benzene rings is 2. The number of ether oxygens (including phenoxy) is 3. The highest BCUT2D eigenvalue weighted by Crippen LogP contribution is 2.41. The van der Waals surface area contributed by atoms with E-state index in [9.17, 15) is 46.2 Å². The summed E-state index contributed by atoms with van der Waals surface area (Å²) in [6.45, 7) is 5.33. The van der Waals surface area contributed by atoms with Gasteiger partial charge in [0, 0.05) is 79.1 Å². The van der Waals surface area contributed by atoms with E-state index < -0.39 is 90.7 Å². The Hall–Kier alpha value is -6.94. The number of pyridine rings is 1. The van der Waals surface area contributed by atoms with Gasteiger partial charge in [-0.1, -0.05) is 56.9 Å². The number of carbonyl (C=O) groups excluding carboxylic acids is 4. The van der Waals surface area contributed by atoms with Gasteiger partial charge in [0.05, 0.1) is 51.0 Å². The van der Waals surface area contributed by atoms with Crippen LogP contribution in [0.3, 0.4) is 0 Å². The molecule has 24 heteroatoms. The zero-order chi connectivity index (χ0) is 56.4. The summed E-state index contributed by atoms with van der Waals surface area (Å²) in [6.07, 6.45) is -3.76. The maximum absolute atomic E-state index is 16.0. The third-order valence-electron chi connectivity index (χ3n) is 13.9. The minimum absolute atomic E-state index is 0.0539. The van der Waals surface area contributed by atoms with E-state index in [-0.39, 0.29) is 23.1 Å². The Balaban J connectivity index is 1.27. The van der Waals surface area contributed by atoms with Crippen molar-refractivity contribution in [3.63, 3.8) is 0 Å². The molecule has 2 unspecified atom stereocenters. The van der Waals surface area contributed by atoms with Crippen LogP contribution in [0.5, 0.6) is 0 Å². The molecule has 3 saturated heterocycles. The fourth-order valence-corrected chi connectivity index (χ4v) is 9.33. The van der Waals surface area contributed by atoms with Crippen molar-refractivity contribution in [3.8, 4) is 11.8 Å². The third-order valence-corrected chi connectivity index (χ3v) is 13.9. The molecule has 2 aromatic carbocycles. The predicted octanol–water partition coefficient (Wildman–Crippen LogP) is 5.27. The molecule has 2 bridgehead atoms. The molecule has 6 rings (SSSR count). The number of aliphatic hydroxyl groups excluding tert-OH is 1. The molecule has 7 N–H and O–H groups in total. The molecule has 3 aromatic rings. The van der Waals surface area contributed by atoms with E-state index in [1.165, 1.54) is 12.1 Å². The second kappa shape index (κ2) is 25.5. The molecule has 77 heavy (non-hydrogen) atoms. The number of nitrogens with zero attached hydrogens (tertiary/aromatic N) is 5. The van der Waals surface area contributed by atoms with Crippen molar-refractivity contribution in [2.45, 2.75) is 116 Å². The molecular formula is C53H66F6N10O8. The van der Waals surface area contributed by atoms with Crippen LogP contribution in [-0.4, -0.2) is 152 Å². The number of carbonyl (C=O) groups is 4. The van der Waals surface area contributed by atoms with Gasteiger partial charge >= 0.3 is 24.9 Å². The number of methoxy groups -OCH3 is 2. The number of hydrogen-bond donors (Lipinski definition) is 6. The van der Waals surface area contributed by atoms with Crippen LogP contribution in [0.1, 0.15) is 75.3 Å². The number of amides is 4. The molecule has 3 fully saturated rings. The van der Waals surface area contributed by atoms with Crippen LogP contribution in [0.25, 0.3) is 5.57 Å². The lowest BCUT2D eigenvalue weighted by Gasteiger charge is -2.47. The number of piperazine rings is 1. The van der Waals surface area contributed by atoms with Gasteiger partial charge in [-0.2, -0.15) is 22.0 Å². The molecule has 0 aliphatic carbocycles. The van der Waals surface area contributed by atoms with Crippen LogP contribution >= 0.6 is 0 Å². The number of rotatable bonds is 19. The fourth-order valence-electron chi connectivity index (χ4n) is 9.33. The molecular weight excluding hydrogens is 1020 g/mol. The number of nitrogens with one attached hydrogen (secondary N) is 4. The van der Waals surface area contributed by atoms with Crippen LogP contribution in [0.15, 0.2) is 72.0 Å². The molecule has 3 aliphatic rings. The number of nitrogens with two attached hydrogens (primary N) is 1. The standard InChI is InChI=1S/C53H66F6N10O8/c1-51(2,3)44(64-49(73)75-6)47(72)66-68(25-35-16-15-34(21-40(35)54)36(22-60)24-62-48(55)56)28-42(70)41(63-46(71)45(65-50(74)76-7)52(4,5)53(57,58)59)20-32-11-8-31(9-12-32)10-13-33-14-19-43(61-23-33)67-26-37-17-18-38(27-67)69(37)39-29-77-30-39/h8-9,11-12,14-16,19,21-24,37-39,41-42,44-45,48,70H,17-18,20,25-30,60H2,1-7H3,(H,63,71)(H,64,73)(H,65,74)(H,66,72)/t37?,38?,41-,42-,44+,45+/m0/s1. The number of anilines is 1. The molecule has 4 amide bonds. The number of hydrazine groups is 1. The highest BCUT2D eigenvalue weighted by molar-refractivity contribution is 6.09. The van der Waals surface area contributed by atoms with Crippen molar-refractivity contribution in [1.82, 2.24) is 36.3 Å². The van der Waals surface area contributed by atoms with Gasteiger partial charge in [-0.15, -0.1) is 0 Å². The van der Waals surface area contributed by atoms with Crippen LogP contribution in [-0.2, 0) is 36.8 Å². The van der Waals surface area contributed by atoms with Crippen LogP contribution in [0, 0.1) is 28.5 Å². The number of allylic oxidation sites excluding steroid dienone is 1. The van der Waals surface area contributed by atoms with Crippen LogP contribution in [0.2, 0.25) is 0 Å². The van der Waals surface area contributed by atoms with Gasteiger partial charge in [-0.25, -0.2) is 29.0 Å². The number of fused-ring (bicyclic) bond motifs is 2. The summed E-state index contributed by atoms with van der Waals surface area (Å²) in [5.74, 6) is 3.91. The number of aliphatic imine (C=N–C) groups is 1. The van der Waals surface area contributed by atoms with E-state index in [0.717, 1.165) is 82.7 Å². The lowest BCUT2D eigenvalue weighted by molar-refractivity contribution is -0.220. The zero-order valence-corrected chi connectivity index (χ0v) is 43.8. The van der Waals surface area contributed by atoms with Gasteiger partial charge in [-0.3, -0.25) is 19.9 Å². The highest BCUT2D eigenvalue weighted by Gasteiger charge is 2.56. The Bertz CT molecular complexity index is 2660. The molecule has 4 heterocycles. The quantitative estimate of drug-likeness (QED) is 0.0296. The Kier molecular flexibility index (Phi) is 19.6. The third kappa shape index (κ3) is 15.4. The maximum atomic E-state index is 16.0. The lowest BCUT2D eigenvalue weighted by atomic mass is 9.82. The summed E-state index contributed by atoms with van der Waals surface area (Å²) in [7, 11) is 1.98. The Morgan fingerprint density at radius 2 is 1.49 bits per heavy atom. The van der Waals surface area contributed by atoms with Gasteiger partial charge in [0.15, 0.2) is 0 Å². The summed E-state index contributed by atoms with van der Waals surface area (Å²) in [4.78, 5) is 65.6. The van der Waals surface area contributed by atoms with Crippen LogP contribution < -0.4 is 32.0 Å². The van der Waals surface area contributed by atoms with Gasteiger partial charge in [0.25, 0.3) is 5.91 Å². The predicted molar refractivity (Wildman–Crippen MR) is 273 cm³/mol. The molecule has 1 aromatic heterocycles. The van der Waals surface area contributed by atoms with E-state index in [4.69, 9.17) is 20.2 Å². The Morgan fingerprint density at radius 1 is 0.883 bits per heavy atom. The highest BCUT2D eigenvalue weighted by atomic mass is 19.4. The van der Waals surface area contributed by atoms with Crippen molar-refractivity contribution in [2.24, 2.45) is 21.6 Å². The number of alkyl carbamates (subject to hydrolysis) is 2. The van der Waals surface area contributed by atoms with Gasteiger partial charge in [0.2, 0.25) is 5.91 Å². The summed E-state index contributed by atoms with van der Waals surface area (Å²) in [5.41, 5.74) is 5.84. The van der Waals surface area contributed by atoms with E-state index >= 15 is 4.39 Å². The second-order valence-electron chi connectivity index (χ2n) is 20.7. The minimum atomic E-state index is -5.06. The fraction of sp³-hybridized carbons (Fsp3) is 0.509. The molecule has 6 atom stereocenters. The average Bonchev–Trinajstić information content (AvgIpc) is 3.59. The summed E-state index contributed by atoms with van der Waals surface area (Å²) in [6, 6.07) is 10.3. The van der Waals surface area contributed by atoms with E-state index in [1.807, 2.05) is 17.4 Å². The summed E-state index contributed by atoms with van der Waals surface area (Å²) in [5, 5.41) is 20.1. The first-order valence-electron chi connectivity index (χ1n) is 24.8. The first-order chi connectivity index (χ1) is 36.3. The lowest BCUT2D eigenvalue weighted by Crippen LogP contribution is -2.63. The second-order valence-corrected chi connectivity index (χ2v) is 20.7. The minimum Gasteiger partial charge on any atom is -0.453 e. The van der Waals surface area contributed by atoms with Crippen molar-refractivity contribution >= 4 is 41.6 Å². The topological polar surface area (TPSA) is 225 Å². The van der Waals surface area contributed by atoms with Crippen molar-refractivity contribution in [2.75, 3.05) is 52.0 Å². The van der Waals surface area contributed by atoms with E-state index in [0.29, 0.717) is 48.7 Å². The number of alkyl halides is 5. The Morgan fingerprint density at radius 3 is 2.01 bits per heavy atom. The number of aliphatic hydroxyl groups is 1. The van der Waals surface area contributed by atoms with E-state index in [1.54, 1.807) is 51.2 Å². The average molecular weight is 1090 g/mol. The van der Waals surface area contributed by atoms with Crippen LogP contribution in [0.4, 0.5) is 41.7 Å². The van der Waals surface area contributed by atoms with Crippen molar-refractivity contribution in [1.29, 1.82) is 0 Å². The summed E-state index contributed by atoms with van der Waals surface area (Å²) < 4.78 is 100. The number of aromatic nitrogens is 1. The molecule has 0 spiro atoms. The van der Waals surface area contributed by atoms with Gasteiger partial charge in [-0.05, 0) is 80.0 Å².